The molecule has 1 unspecified atom stereocenters. The number of hydrogen-bond acceptors (Lipinski definition) is 2. The molecule has 0 fully saturated rings. The number of amides is 2. The molecular formula is C18H32N2O2. The molecule has 0 aromatic rings. The Morgan fingerprint density at radius 3 is 2.18 bits per heavy atom. The number of carbonyl (C=O) groups is 2. The monoisotopic (exact) mass is 308 g/mol. The lowest BCUT2D eigenvalue weighted by atomic mass is 9.80. The molecule has 22 heavy (non-hydrogen) atoms. The molecule has 1 N–H and O–H groups in total. The minimum absolute atomic E-state index is 0.00150. The molecule has 2 amide bonds. The molecule has 126 valence electrons. The summed E-state index contributed by atoms with van der Waals surface area (Å²) in [5.74, 6) is 0.300. The fourth-order valence-corrected chi connectivity index (χ4v) is 2.65. The van der Waals surface area contributed by atoms with Crippen molar-refractivity contribution in [3.05, 3.63) is 24.3 Å². The molecule has 0 aliphatic rings. The van der Waals surface area contributed by atoms with Gasteiger partial charge in [-0.1, -0.05) is 33.9 Å². The Hall–Kier alpha value is -1.58. The van der Waals surface area contributed by atoms with Crippen LogP contribution in [0.4, 0.5) is 0 Å². The molecular weight excluding hydrogens is 276 g/mol. The Labute approximate surface area is 135 Å². The van der Waals surface area contributed by atoms with Crippen LogP contribution in [-0.2, 0) is 9.59 Å². The highest BCUT2D eigenvalue weighted by Gasteiger charge is 2.23. The largest absolute Gasteiger partial charge is 0.352 e. The molecule has 0 heterocycles. The van der Waals surface area contributed by atoms with Crippen molar-refractivity contribution < 1.29 is 9.59 Å². The quantitative estimate of drug-likeness (QED) is 0.665. The number of nitrogens with one attached hydrogen (secondary N) is 1. The van der Waals surface area contributed by atoms with Gasteiger partial charge >= 0.3 is 0 Å². The highest BCUT2D eigenvalue weighted by Crippen LogP contribution is 2.29. The van der Waals surface area contributed by atoms with Gasteiger partial charge in [0.15, 0.2) is 0 Å². The first-order valence-corrected chi connectivity index (χ1v) is 7.81. The van der Waals surface area contributed by atoms with E-state index in [1.807, 2.05) is 7.05 Å². The Kier molecular flexibility index (Phi) is 8.13. The third-order valence-electron chi connectivity index (χ3n) is 3.67. The number of nitrogens with zero attached hydrogens (tertiary/aromatic N) is 1. The van der Waals surface area contributed by atoms with E-state index in [-0.39, 0.29) is 17.2 Å². The lowest BCUT2D eigenvalue weighted by Crippen LogP contribution is -2.34. The van der Waals surface area contributed by atoms with Gasteiger partial charge in [-0.25, -0.2) is 0 Å². The summed E-state index contributed by atoms with van der Waals surface area (Å²) in [5.41, 5.74) is 1.21. The van der Waals surface area contributed by atoms with Crippen molar-refractivity contribution in [3.8, 4) is 0 Å². The summed E-state index contributed by atoms with van der Waals surface area (Å²) in [7, 11) is 1.81. The van der Waals surface area contributed by atoms with Crippen LogP contribution in [0.5, 0.6) is 0 Å². The van der Waals surface area contributed by atoms with Crippen molar-refractivity contribution in [2.75, 3.05) is 20.1 Å². The Morgan fingerprint density at radius 1 is 1.18 bits per heavy atom. The lowest BCUT2D eigenvalue weighted by Gasteiger charge is -2.30. The molecule has 4 heteroatoms. The van der Waals surface area contributed by atoms with Gasteiger partial charge in [0.05, 0.1) is 0 Å². The predicted molar refractivity (Wildman–Crippen MR) is 92.5 cm³/mol. The summed E-state index contributed by atoms with van der Waals surface area (Å²) in [6.07, 6.45) is 1.89. The maximum absolute atomic E-state index is 11.8. The molecule has 0 rings (SSSR count). The Bertz CT molecular complexity index is 438. The van der Waals surface area contributed by atoms with Gasteiger partial charge in [-0.15, -0.1) is 0 Å². The third-order valence-corrected chi connectivity index (χ3v) is 3.67. The van der Waals surface area contributed by atoms with Crippen LogP contribution in [0.25, 0.3) is 0 Å². The van der Waals surface area contributed by atoms with Gasteiger partial charge in [-0.3, -0.25) is 9.59 Å². The van der Waals surface area contributed by atoms with Crippen molar-refractivity contribution in [2.45, 2.75) is 47.5 Å². The minimum atomic E-state index is -0.0874. The number of hydrogen-bond donors (Lipinski definition) is 1. The first kappa shape index (κ1) is 20.4. The smallest absolute Gasteiger partial charge is 0.248 e. The first-order chi connectivity index (χ1) is 9.96. The van der Waals surface area contributed by atoms with Gasteiger partial charge in [-0.05, 0) is 38.0 Å². The topological polar surface area (TPSA) is 49.4 Å². The molecule has 0 saturated heterocycles. The van der Waals surface area contributed by atoms with E-state index in [4.69, 9.17) is 0 Å². The second-order valence-electron chi connectivity index (χ2n) is 7.23. The van der Waals surface area contributed by atoms with Crippen LogP contribution in [0.3, 0.4) is 0 Å². The van der Waals surface area contributed by atoms with E-state index < -0.39 is 0 Å². The fourth-order valence-electron chi connectivity index (χ4n) is 2.65. The molecule has 4 nitrogen and oxygen atoms in total. The van der Waals surface area contributed by atoms with E-state index in [2.05, 4.69) is 39.2 Å². The standard InChI is InChI=1S/C18H32N2O2/c1-13(2)16(21)19-10-9-18(6,7)11-15(5)12-20(8)17(22)14(3)4/h15H,1,3,9-12H2,2,4-8H3,(H,19,21). The number of rotatable bonds is 9. The summed E-state index contributed by atoms with van der Waals surface area (Å²) in [5, 5.41) is 2.87. The van der Waals surface area contributed by atoms with E-state index in [0.717, 1.165) is 12.8 Å². The van der Waals surface area contributed by atoms with Crippen LogP contribution < -0.4 is 5.32 Å². The second-order valence-corrected chi connectivity index (χ2v) is 7.23. The Balaban J connectivity index is 4.28. The summed E-state index contributed by atoms with van der Waals surface area (Å²) in [4.78, 5) is 25.0. The van der Waals surface area contributed by atoms with Crippen molar-refractivity contribution in [2.24, 2.45) is 11.3 Å². The van der Waals surface area contributed by atoms with Crippen molar-refractivity contribution in [1.29, 1.82) is 0 Å². The molecule has 0 radical (unpaired) electrons. The maximum atomic E-state index is 11.8. The minimum Gasteiger partial charge on any atom is -0.352 e. The zero-order valence-corrected chi connectivity index (χ0v) is 15.1. The van der Waals surface area contributed by atoms with E-state index in [1.165, 1.54) is 0 Å². The zero-order valence-electron chi connectivity index (χ0n) is 15.1. The average molecular weight is 308 g/mol. The van der Waals surface area contributed by atoms with Gasteiger partial charge in [0.1, 0.15) is 0 Å². The molecule has 0 saturated carbocycles. The van der Waals surface area contributed by atoms with Crippen LogP contribution in [-0.4, -0.2) is 36.9 Å². The molecule has 0 bridgehead atoms. The first-order valence-electron chi connectivity index (χ1n) is 7.81. The van der Waals surface area contributed by atoms with E-state index >= 15 is 0 Å². The van der Waals surface area contributed by atoms with Crippen molar-refractivity contribution in [3.63, 3.8) is 0 Å². The molecule has 1 atom stereocenters. The van der Waals surface area contributed by atoms with Crippen LogP contribution in [0.2, 0.25) is 0 Å². The van der Waals surface area contributed by atoms with Gasteiger partial charge in [0.25, 0.3) is 0 Å². The van der Waals surface area contributed by atoms with E-state index in [9.17, 15) is 9.59 Å². The fraction of sp³-hybridized carbons (Fsp3) is 0.667. The summed E-state index contributed by atoms with van der Waals surface area (Å²) >= 11 is 0. The average Bonchev–Trinajstić information content (AvgIpc) is 2.35. The molecule has 0 spiro atoms. The van der Waals surface area contributed by atoms with Gasteiger partial charge in [-0.2, -0.15) is 0 Å². The van der Waals surface area contributed by atoms with Gasteiger partial charge < -0.3 is 10.2 Å². The van der Waals surface area contributed by atoms with Crippen LogP contribution in [0.15, 0.2) is 24.3 Å². The zero-order chi connectivity index (χ0) is 17.5. The van der Waals surface area contributed by atoms with Crippen molar-refractivity contribution >= 4 is 11.8 Å². The number of carbonyl (C=O) groups excluding carboxylic acids is 2. The van der Waals surface area contributed by atoms with E-state index in [1.54, 1.807) is 18.7 Å². The van der Waals surface area contributed by atoms with Crippen LogP contribution >= 0.6 is 0 Å². The summed E-state index contributed by atoms with van der Waals surface area (Å²) < 4.78 is 0. The third kappa shape index (κ3) is 8.01. The maximum Gasteiger partial charge on any atom is 0.248 e. The van der Waals surface area contributed by atoms with Gasteiger partial charge in [0.2, 0.25) is 11.8 Å². The number of likely N-dealkylation sites (N-methyl/N-ethyl adjacent to an activating group) is 1. The molecule has 0 aliphatic heterocycles. The van der Waals surface area contributed by atoms with Gasteiger partial charge in [0, 0.05) is 31.3 Å². The van der Waals surface area contributed by atoms with Crippen LogP contribution in [0, 0.1) is 11.3 Å². The van der Waals surface area contributed by atoms with Crippen LogP contribution in [0.1, 0.15) is 47.5 Å². The highest BCUT2D eigenvalue weighted by atomic mass is 16.2. The lowest BCUT2D eigenvalue weighted by molar-refractivity contribution is -0.126. The highest BCUT2D eigenvalue weighted by molar-refractivity contribution is 5.92. The van der Waals surface area contributed by atoms with Crippen molar-refractivity contribution in [1.82, 2.24) is 10.2 Å². The molecule has 0 aromatic carbocycles. The predicted octanol–water partition coefficient (Wildman–Crippen LogP) is 3.16. The molecule has 0 aromatic heterocycles. The molecule has 0 aliphatic carbocycles. The normalized spacial score (nSPS) is 12.5. The SMILES string of the molecule is C=C(C)C(=O)NCCC(C)(C)CC(C)CN(C)C(=O)C(=C)C. The van der Waals surface area contributed by atoms with E-state index in [0.29, 0.717) is 30.2 Å². The second kappa shape index (κ2) is 8.76. The summed E-state index contributed by atoms with van der Waals surface area (Å²) in [6, 6.07) is 0. The Morgan fingerprint density at radius 2 is 1.73 bits per heavy atom. The summed E-state index contributed by atoms with van der Waals surface area (Å²) in [6.45, 7) is 18.6.